The highest BCUT2D eigenvalue weighted by molar-refractivity contribution is 6.31. The van der Waals surface area contributed by atoms with Crippen molar-refractivity contribution in [3.8, 4) is 0 Å². The standard InChI is InChI=1S/C10H12ClFO/c1-2-7(13)6-8-9(11)4-3-5-10(8)12/h3-5,7,13H,2,6H2,1H3/t7-/m0/s1. The fraction of sp³-hybridized carbons (Fsp3) is 0.400. The fourth-order valence-electron chi connectivity index (χ4n) is 1.11. The van der Waals surface area contributed by atoms with Gasteiger partial charge in [-0.3, -0.25) is 0 Å². The average Bonchev–Trinajstić information content (AvgIpc) is 2.11. The van der Waals surface area contributed by atoms with Crippen LogP contribution in [0.2, 0.25) is 5.02 Å². The minimum absolute atomic E-state index is 0.280. The number of halogens is 2. The van der Waals surface area contributed by atoms with E-state index in [1.54, 1.807) is 12.1 Å². The van der Waals surface area contributed by atoms with Crippen LogP contribution in [0.3, 0.4) is 0 Å². The summed E-state index contributed by atoms with van der Waals surface area (Å²) in [5, 5.41) is 9.72. The fourth-order valence-corrected chi connectivity index (χ4v) is 1.35. The van der Waals surface area contributed by atoms with E-state index >= 15 is 0 Å². The Morgan fingerprint density at radius 2 is 2.23 bits per heavy atom. The van der Waals surface area contributed by atoms with Crippen LogP contribution in [0.1, 0.15) is 18.9 Å². The van der Waals surface area contributed by atoms with Gasteiger partial charge < -0.3 is 5.11 Å². The summed E-state index contributed by atoms with van der Waals surface area (Å²) in [7, 11) is 0. The number of benzene rings is 1. The Kier molecular flexibility index (Phi) is 3.70. The first kappa shape index (κ1) is 10.5. The lowest BCUT2D eigenvalue weighted by atomic mass is 10.1. The van der Waals surface area contributed by atoms with Gasteiger partial charge in [-0.2, -0.15) is 0 Å². The quantitative estimate of drug-likeness (QED) is 0.799. The van der Waals surface area contributed by atoms with Crippen LogP contribution in [0, 0.1) is 5.82 Å². The molecule has 0 radical (unpaired) electrons. The predicted molar refractivity (Wildman–Crippen MR) is 51.4 cm³/mol. The Hall–Kier alpha value is -0.600. The highest BCUT2D eigenvalue weighted by atomic mass is 35.5. The molecule has 1 aromatic carbocycles. The number of hydrogen-bond acceptors (Lipinski definition) is 1. The molecule has 0 saturated carbocycles. The highest BCUT2D eigenvalue weighted by Gasteiger charge is 2.10. The molecule has 0 aromatic heterocycles. The lowest BCUT2D eigenvalue weighted by molar-refractivity contribution is 0.169. The molecule has 0 aliphatic heterocycles. The normalized spacial score (nSPS) is 12.9. The molecule has 0 unspecified atom stereocenters. The monoisotopic (exact) mass is 202 g/mol. The van der Waals surface area contributed by atoms with Gasteiger partial charge in [0.25, 0.3) is 0 Å². The SMILES string of the molecule is CC[C@H](O)Cc1c(F)cccc1Cl. The van der Waals surface area contributed by atoms with Crippen molar-refractivity contribution in [1.29, 1.82) is 0 Å². The van der Waals surface area contributed by atoms with Gasteiger partial charge in [-0.15, -0.1) is 0 Å². The van der Waals surface area contributed by atoms with E-state index in [4.69, 9.17) is 11.6 Å². The summed E-state index contributed by atoms with van der Waals surface area (Å²) in [5.41, 5.74) is 0.401. The van der Waals surface area contributed by atoms with Crippen LogP contribution >= 0.6 is 11.6 Å². The smallest absolute Gasteiger partial charge is 0.127 e. The minimum Gasteiger partial charge on any atom is -0.393 e. The summed E-state index contributed by atoms with van der Waals surface area (Å²) >= 11 is 5.78. The van der Waals surface area contributed by atoms with E-state index < -0.39 is 6.10 Å². The molecule has 1 rings (SSSR count). The molecular weight excluding hydrogens is 191 g/mol. The van der Waals surface area contributed by atoms with Gasteiger partial charge in [0, 0.05) is 17.0 Å². The second-order valence-electron chi connectivity index (χ2n) is 2.97. The predicted octanol–water partition coefficient (Wildman–Crippen LogP) is 2.79. The minimum atomic E-state index is -0.519. The molecule has 0 saturated heterocycles. The van der Waals surface area contributed by atoms with Gasteiger partial charge >= 0.3 is 0 Å². The van der Waals surface area contributed by atoms with Crippen LogP contribution in [0.15, 0.2) is 18.2 Å². The Morgan fingerprint density at radius 1 is 1.54 bits per heavy atom. The van der Waals surface area contributed by atoms with Gasteiger partial charge in [0.05, 0.1) is 6.10 Å². The molecule has 0 bridgehead atoms. The van der Waals surface area contributed by atoms with E-state index in [0.29, 0.717) is 17.0 Å². The Bertz CT molecular complexity index is 268. The molecule has 1 N–H and O–H groups in total. The maximum absolute atomic E-state index is 13.2. The lowest BCUT2D eigenvalue weighted by Crippen LogP contribution is -2.10. The Balaban J connectivity index is 2.87. The second-order valence-corrected chi connectivity index (χ2v) is 3.37. The summed E-state index contributed by atoms with van der Waals surface area (Å²) in [6.45, 7) is 1.85. The molecule has 72 valence electrons. The molecule has 1 aromatic rings. The maximum atomic E-state index is 13.2. The van der Waals surface area contributed by atoms with Crippen LogP contribution < -0.4 is 0 Å². The van der Waals surface area contributed by atoms with Crippen LogP contribution in [-0.4, -0.2) is 11.2 Å². The second kappa shape index (κ2) is 4.58. The molecular formula is C10H12ClFO. The first-order valence-corrected chi connectivity index (χ1v) is 4.64. The van der Waals surface area contributed by atoms with Gasteiger partial charge in [0.2, 0.25) is 0 Å². The van der Waals surface area contributed by atoms with Crippen molar-refractivity contribution in [3.63, 3.8) is 0 Å². The molecule has 0 aliphatic carbocycles. The van der Waals surface area contributed by atoms with Crippen LogP contribution in [0.25, 0.3) is 0 Å². The third-order valence-corrected chi connectivity index (χ3v) is 2.33. The zero-order valence-corrected chi connectivity index (χ0v) is 8.18. The molecule has 0 amide bonds. The third kappa shape index (κ3) is 2.68. The lowest BCUT2D eigenvalue weighted by Gasteiger charge is -2.09. The van der Waals surface area contributed by atoms with Crippen molar-refractivity contribution in [2.24, 2.45) is 0 Å². The van der Waals surface area contributed by atoms with Crippen molar-refractivity contribution < 1.29 is 9.50 Å². The van der Waals surface area contributed by atoms with E-state index in [1.807, 2.05) is 6.92 Å². The topological polar surface area (TPSA) is 20.2 Å². The first-order valence-electron chi connectivity index (χ1n) is 4.26. The molecule has 1 nitrogen and oxygen atoms in total. The van der Waals surface area contributed by atoms with Crippen molar-refractivity contribution in [3.05, 3.63) is 34.6 Å². The van der Waals surface area contributed by atoms with Gasteiger partial charge in [-0.25, -0.2) is 4.39 Å². The van der Waals surface area contributed by atoms with Gasteiger partial charge in [-0.1, -0.05) is 24.6 Å². The van der Waals surface area contributed by atoms with Crippen molar-refractivity contribution in [2.45, 2.75) is 25.9 Å². The van der Waals surface area contributed by atoms with Crippen molar-refractivity contribution in [1.82, 2.24) is 0 Å². The molecule has 13 heavy (non-hydrogen) atoms. The van der Waals surface area contributed by atoms with E-state index in [1.165, 1.54) is 6.07 Å². The molecule has 0 spiro atoms. The molecule has 0 fully saturated rings. The van der Waals surface area contributed by atoms with E-state index in [0.717, 1.165) is 0 Å². The van der Waals surface area contributed by atoms with Gasteiger partial charge in [0.15, 0.2) is 0 Å². The average molecular weight is 203 g/mol. The molecule has 0 aliphatic rings. The van der Waals surface area contributed by atoms with Crippen LogP contribution in [-0.2, 0) is 6.42 Å². The maximum Gasteiger partial charge on any atom is 0.127 e. The Labute approximate surface area is 82.2 Å². The van der Waals surface area contributed by atoms with E-state index in [9.17, 15) is 9.50 Å². The highest BCUT2D eigenvalue weighted by Crippen LogP contribution is 2.20. The van der Waals surface area contributed by atoms with Crippen molar-refractivity contribution in [2.75, 3.05) is 0 Å². The summed E-state index contributed by atoms with van der Waals surface area (Å²) in [5.74, 6) is -0.347. The van der Waals surface area contributed by atoms with Crippen molar-refractivity contribution >= 4 is 11.6 Å². The Morgan fingerprint density at radius 3 is 2.77 bits per heavy atom. The van der Waals surface area contributed by atoms with Crippen LogP contribution in [0.4, 0.5) is 4.39 Å². The van der Waals surface area contributed by atoms with Gasteiger partial charge in [0.1, 0.15) is 5.82 Å². The van der Waals surface area contributed by atoms with Crippen LogP contribution in [0.5, 0.6) is 0 Å². The molecule has 0 heterocycles. The van der Waals surface area contributed by atoms with E-state index in [-0.39, 0.29) is 12.2 Å². The summed E-state index contributed by atoms with van der Waals surface area (Å²) in [6, 6.07) is 4.53. The van der Waals surface area contributed by atoms with Gasteiger partial charge in [-0.05, 0) is 18.6 Å². The summed E-state index contributed by atoms with van der Waals surface area (Å²) in [6.07, 6.45) is 0.363. The molecule has 3 heteroatoms. The third-order valence-electron chi connectivity index (χ3n) is 1.97. The zero-order chi connectivity index (χ0) is 9.84. The summed E-state index contributed by atoms with van der Waals surface area (Å²) in [4.78, 5) is 0. The first-order chi connectivity index (χ1) is 6.15. The number of aliphatic hydroxyl groups is 1. The van der Waals surface area contributed by atoms with E-state index in [2.05, 4.69) is 0 Å². The number of rotatable bonds is 3. The summed E-state index contributed by atoms with van der Waals surface area (Å²) < 4.78 is 13.2. The number of hydrogen-bond donors (Lipinski definition) is 1. The molecule has 1 atom stereocenters. The largest absolute Gasteiger partial charge is 0.393 e. The number of aliphatic hydroxyl groups excluding tert-OH is 1. The zero-order valence-electron chi connectivity index (χ0n) is 7.43.